The highest BCUT2D eigenvalue weighted by Gasteiger charge is 2.69. The number of nitrogens with one attached hydrogen (secondary N) is 2. The number of urea groups is 1. The van der Waals surface area contributed by atoms with Gasteiger partial charge in [-0.3, -0.25) is 24.0 Å². The van der Waals surface area contributed by atoms with Crippen molar-refractivity contribution in [3.8, 4) is 5.75 Å². The van der Waals surface area contributed by atoms with Crippen molar-refractivity contribution in [2.45, 2.75) is 36.8 Å². The Balaban J connectivity index is 1.49. The first kappa shape index (κ1) is 28.4. The number of Topliss-reactive ketones (excluding diaryl/α,β-unsaturated/α-hetero) is 4. The number of nitrogens with two attached hydrogens (primary N) is 1. The Morgan fingerprint density at radius 3 is 2.32 bits per heavy atom. The van der Waals surface area contributed by atoms with Crippen LogP contribution in [0.15, 0.2) is 36.4 Å². The molecular formula is C28H26ClN3O9. The van der Waals surface area contributed by atoms with Gasteiger partial charge in [0.15, 0.2) is 34.7 Å². The lowest BCUT2D eigenvalue weighted by Gasteiger charge is -2.52. The van der Waals surface area contributed by atoms with Gasteiger partial charge < -0.3 is 31.7 Å². The average molecular weight is 584 g/mol. The lowest BCUT2D eigenvalue weighted by Crippen LogP contribution is -2.72. The Morgan fingerprint density at radius 1 is 1.05 bits per heavy atom. The number of primary amides is 1. The van der Waals surface area contributed by atoms with Gasteiger partial charge in [-0.15, -0.1) is 11.6 Å². The second-order valence-corrected chi connectivity index (χ2v) is 10.9. The summed E-state index contributed by atoms with van der Waals surface area (Å²) in [5.74, 6) is -13.8. The van der Waals surface area contributed by atoms with Gasteiger partial charge in [0, 0.05) is 29.8 Å². The maximum atomic E-state index is 13.8. The van der Waals surface area contributed by atoms with Gasteiger partial charge >= 0.3 is 6.03 Å². The molecule has 0 aliphatic heterocycles. The number of aromatic hydroxyl groups is 1. The van der Waals surface area contributed by atoms with Gasteiger partial charge in [-0.1, -0.05) is 25.1 Å². The lowest BCUT2D eigenvalue weighted by molar-refractivity contribution is -0.189. The molecule has 0 aromatic heterocycles. The molecule has 41 heavy (non-hydrogen) atoms. The lowest BCUT2D eigenvalue weighted by atomic mass is 9.50. The molecule has 5 rings (SSSR count). The molecule has 3 amide bonds. The maximum absolute atomic E-state index is 13.8. The van der Waals surface area contributed by atoms with Crippen LogP contribution in [0.4, 0.5) is 16.2 Å². The molecule has 0 saturated heterocycles. The molecule has 2 fully saturated rings. The normalized spacial score (nSPS) is 30.6. The molecule has 3 aliphatic rings. The summed E-state index contributed by atoms with van der Waals surface area (Å²) in [6.45, 7) is 1.59. The number of anilines is 2. The molecule has 2 saturated carbocycles. The van der Waals surface area contributed by atoms with E-state index in [4.69, 9.17) is 17.3 Å². The number of carbonyl (C=O) groups excluding carboxylic acids is 6. The second kappa shape index (κ2) is 10.1. The molecule has 3 aliphatic carbocycles. The smallest absolute Gasteiger partial charge is 0.323 e. The van der Waals surface area contributed by atoms with Crippen LogP contribution in [0.25, 0.3) is 0 Å². The predicted molar refractivity (Wildman–Crippen MR) is 143 cm³/mol. The van der Waals surface area contributed by atoms with Crippen molar-refractivity contribution in [2.24, 2.45) is 29.4 Å². The van der Waals surface area contributed by atoms with Crippen molar-refractivity contribution in [3.05, 3.63) is 53.1 Å². The SMILES string of the molecule is C[C@H]1c2ccc(NC(=O)Nc3ccc(CCl)cc3)c(O)c2C(=O)C2C(=O)[C@]3(O)C(=O)C(C(N)=O)C(=O)C[C@@H]3[C@@H](O)[C@@H]21. The van der Waals surface area contributed by atoms with E-state index in [0.717, 1.165) is 5.56 Å². The Labute approximate surface area is 237 Å². The number of halogens is 1. The highest BCUT2D eigenvalue weighted by atomic mass is 35.5. The molecule has 7 atom stereocenters. The molecule has 0 heterocycles. The quantitative estimate of drug-likeness (QED) is 0.173. The van der Waals surface area contributed by atoms with Crippen LogP contribution >= 0.6 is 11.6 Å². The number of hydrogen-bond acceptors (Lipinski definition) is 9. The second-order valence-electron chi connectivity index (χ2n) is 10.6. The summed E-state index contributed by atoms with van der Waals surface area (Å²) in [7, 11) is 0. The monoisotopic (exact) mass is 583 g/mol. The van der Waals surface area contributed by atoms with Crippen molar-refractivity contribution < 1.29 is 44.1 Å². The van der Waals surface area contributed by atoms with Gasteiger partial charge in [0.25, 0.3) is 0 Å². The molecular weight excluding hydrogens is 558 g/mol. The number of amides is 3. The highest BCUT2D eigenvalue weighted by Crippen LogP contribution is 2.54. The predicted octanol–water partition coefficient (Wildman–Crippen LogP) is 1.24. The average Bonchev–Trinajstić information content (AvgIpc) is 2.92. The Morgan fingerprint density at radius 2 is 1.71 bits per heavy atom. The zero-order chi connectivity index (χ0) is 30.0. The van der Waals surface area contributed by atoms with Gasteiger partial charge in [0.05, 0.1) is 23.3 Å². The van der Waals surface area contributed by atoms with Crippen molar-refractivity contribution in [2.75, 3.05) is 10.6 Å². The zero-order valence-corrected chi connectivity index (χ0v) is 22.3. The molecule has 0 bridgehead atoms. The maximum Gasteiger partial charge on any atom is 0.323 e. The largest absolute Gasteiger partial charge is 0.505 e. The minimum absolute atomic E-state index is 0.161. The number of fused-ring (bicyclic) bond motifs is 3. The first-order valence-corrected chi connectivity index (χ1v) is 13.3. The zero-order valence-electron chi connectivity index (χ0n) is 21.6. The van der Waals surface area contributed by atoms with E-state index in [9.17, 15) is 44.1 Å². The number of phenolic OH excluding ortho intramolecular Hbond substituents is 1. The minimum atomic E-state index is -3.01. The van der Waals surface area contributed by atoms with E-state index in [1.54, 1.807) is 31.2 Å². The fourth-order valence-corrected chi connectivity index (χ4v) is 6.60. The molecule has 0 spiro atoms. The third-order valence-corrected chi connectivity index (χ3v) is 8.78. The van der Waals surface area contributed by atoms with E-state index in [1.165, 1.54) is 12.1 Å². The van der Waals surface area contributed by atoms with Crippen molar-refractivity contribution in [3.63, 3.8) is 0 Å². The number of benzene rings is 2. The van der Waals surface area contributed by atoms with E-state index in [2.05, 4.69) is 10.6 Å². The number of phenols is 1. The van der Waals surface area contributed by atoms with Crippen LogP contribution in [-0.2, 0) is 25.1 Å². The van der Waals surface area contributed by atoms with E-state index in [-0.39, 0.29) is 16.8 Å². The molecule has 2 aromatic carbocycles. The van der Waals surface area contributed by atoms with E-state index < -0.39 is 88.5 Å². The van der Waals surface area contributed by atoms with E-state index >= 15 is 0 Å². The first-order chi connectivity index (χ1) is 19.3. The minimum Gasteiger partial charge on any atom is -0.505 e. The summed E-state index contributed by atoms with van der Waals surface area (Å²) in [5, 5.41) is 38.7. The summed E-state index contributed by atoms with van der Waals surface area (Å²) in [6, 6.07) is 8.73. The Kier molecular flexibility index (Phi) is 6.96. The van der Waals surface area contributed by atoms with Crippen LogP contribution < -0.4 is 16.4 Å². The van der Waals surface area contributed by atoms with E-state index in [1.807, 2.05) is 0 Å². The van der Waals surface area contributed by atoms with Gasteiger partial charge in [-0.2, -0.15) is 0 Å². The number of hydrogen-bond donors (Lipinski definition) is 6. The molecule has 12 nitrogen and oxygen atoms in total. The molecule has 13 heteroatoms. The first-order valence-electron chi connectivity index (χ1n) is 12.8. The van der Waals surface area contributed by atoms with Crippen molar-refractivity contribution in [1.82, 2.24) is 0 Å². The number of aliphatic hydroxyl groups is 2. The number of ketones is 4. The van der Waals surface area contributed by atoms with Gasteiger partial charge in [-0.05, 0) is 35.2 Å². The summed E-state index contributed by atoms with van der Waals surface area (Å²) in [6.07, 6.45) is -2.33. The standard InChI is InChI=1S/C28H26ClN3O9/c1-10-13-6-7-15(32-27(40)31-12-4-2-11(9-29)3-5-12)22(35)18(13)23(36)20-17(10)21(34)14-8-16(33)19(26(30)39)24(37)28(14,41)25(20)38/h2-7,10,14,17,19-21,34-35,41H,8-9H2,1H3,(H2,30,39)(H2,31,32,40)/t10-,14+,17+,19?,20?,21+,28+/m0/s1. The third kappa shape index (κ3) is 4.21. The summed E-state index contributed by atoms with van der Waals surface area (Å²) in [5.41, 5.74) is 3.21. The van der Waals surface area contributed by atoms with Crippen LogP contribution in [-0.4, -0.2) is 62.1 Å². The van der Waals surface area contributed by atoms with Crippen molar-refractivity contribution >= 4 is 58.0 Å². The van der Waals surface area contributed by atoms with Gasteiger partial charge in [0.1, 0.15) is 5.75 Å². The Bertz CT molecular complexity index is 1520. The highest BCUT2D eigenvalue weighted by molar-refractivity contribution is 6.31. The van der Waals surface area contributed by atoms with Gasteiger partial charge in [0.2, 0.25) is 5.91 Å². The molecule has 2 unspecified atom stereocenters. The fraction of sp³-hybridized carbons (Fsp3) is 0.357. The molecule has 0 radical (unpaired) electrons. The van der Waals surface area contributed by atoms with Crippen molar-refractivity contribution in [1.29, 1.82) is 0 Å². The fourth-order valence-electron chi connectivity index (χ4n) is 6.42. The van der Waals surface area contributed by atoms with Crippen LogP contribution in [0, 0.1) is 23.7 Å². The number of rotatable bonds is 4. The topological polar surface area (TPSA) is 213 Å². The molecule has 214 valence electrons. The van der Waals surface area contributed by atoms with E-state index in [0.29, 0.717) is 11.6 Å². The number of carbonyl (C=O) groups is 6. The van der Waals surface area contributed by atoms with Crippen LogP contribution in [0.1, 0.15) is 40.7 Å². The van der Waals surface area contributed by atoms with Gasteiger partial charge in [-0.25, -0.2) is 4.79 Å². The molecule has 7 N–H and O–H groups in total. The summed E-state index contributed by atoms with van der Waals surface area (Å²) in [4.78, 5) is 77.5. The number of aliphatic hydroxyl groups excluding tert-OH is 1. The third-order valence-electron chi connectivity index (χ3n) is 8.47. The van der Waals surface area contributed by atoms with Crippen LogP contribution in [0.5, 0.6) is 5.75 Å². The summed E-state index contributed by atoms with van der Waals surface area (Å²) < 4.78 is 0. The Hall–Kier alpha value is -4.13. The van der Waals surface area contributed by atoms with Crippen LogP contribution in [0.3, 0.4) is 0 Å². The van der Waals surface area contributed by atoms with Crippen LogP contribution in [0.2, 0.25) is 0 Å². The summed E-state index contributed by atoms with van der Waals surface area (Å²) >= 11 is 5.77. The number of alkyl halides is 1. The molecule has 2 aromatic rings.